The lowest BCUT2D eigenvalue weighted by Crippen LogP contribution is -2.29. The van der Waals surface area contributed by atoms with Gasteiger partial charge in [0, 0.05) is 19.8 Å². The van der Waals surface area contributed by atoms with E-state index >= 15 is 0 Å². The molecule has 1 atom stereocenters. The minimum absolute atomic E-state index is 0.708. The van der Waals surface area contributed by atoms with Gasteiger partial charge >= 0.3 is 0 Å². The van der Waals surface area contributed by atoms with Crippen LogP contribution in [0.2, 0.25) is 0 Å². The molecule has 0 fully saturated rings. The molecule has 0 bridgehead atoms. The maximum Gasteiger partial charge on any atom is 0.0462 e. The summed E-state index contributed by atoms with van der Waals surface area (Å²) >= 11 is 0. The Labute approximate surface area is 83.1 Å². The zero-order chi connectivity index (χ0) is 9.94. The molecule has 2 nitrogen and oxygen atoms in total. The standard InChI is InChI=1S/C11H25NO/c1-4-7-11(12-9-5-2)8-6-10-13-3/h11-12H,4-10H2,1-3H3. The van der Waals surface area contributed by atoms with E-state index in [9.17, 15) is 0 Å². The van der Waals surface area contributed by atoms with Gasteiger partial charge in [-0.15, -0.1) is 0 Å². The summed E-state index contributed by atoms with van der Waals surface area (Å²) in [5.41, 5.74) is 0. The second kappa shape index (κ2) is 10.0. The van der Waals surface area contributed by atoms with E-state index in [0.717, 1.165) is 13.2 Å². The van der Waals surface area contributed by atoms with Crippen LogP contribution in [0.15, 0.2) is 0 Å². The lowest BCUT2D eigenvalue weighted by molar-refractivity contribution is 0.188. The lowest BCUT2D eigenvalue weighted by atomic mass is 10.1. The summed E-state index contributed by atoms with van der Waals surface area (Å²) < 4.78 is 5.05. The average Bonchev–Trinajstić information content (AvgIpc) is 2.14. The molecule has 1 N–H and O–H groups in total. The van der Waals surface area contributed by atoms with Crippen molar-refractivity contribution in [1.29, 1.82) is 0 Å². The summed E-state index contributed by atoms with van der Waals surface area (Å²) in [6.07, 6.45) is 6.22. The lowest BCUT2D eigenvalue weighted by Gasteiger charge is -2.17. The van der Waals surface area contributed by atoms with Crippen molar-refractivity contribution >= 4 is 0 Å². The van der Waals surface area contributed by atoms with Gasteiger partial charge in [-0.25, -0.2) is 0 Å². The van der Waals surface area contributed by atoms with Gasteiger partial charge in [0.25, 0.3) is 0 Å². The molecule has 0 amide bonds. The average molecular weight is 187 g/mol. The quantitative estimate of drug-likeness (QED) is 0.560. The zero-order valence-electron chi connectivity index (χ0n) is 9.44. The number of hydrogen-bond donors (Lipinski definition) is 1. The van der Waals surface area contributed by atoms with Gasteiger partial charge in [-0.3, -0.25) is 0 Å². The smallest absolute Gasteiger partial charge is 0.0462 e. The molecule has 0 rings (SSSR count). The maximum absolute atomic E-state index is 5.05. The van der Waals surface area contributed by atoms with Gasteiger partial charge in [0.1, 0.15) is 0 Å². The first-order valence-electron chi connectivity index (χ1n) is 5.57. The minimum Gasteiger partial charge on any atom is -0.385 e. The monoisotopic (exact) mass is 187 g/mol. The van der Waals surface area contributed by atoms with E-state index in [1.807, 2.05) is 0 Å². The molecule has 0 spiro atoms. The topological polar surface area (TPSA) is 21.3 Å². The molecule has 13 heavy (non-hydrogen) atoms. The maximum atomic E-state index is 5.05. The van der Waals surface area contributed by atoms with Gasteiger partial charge in [0.05, 0.1) is 0 Å². The van der Waals surface area contributed by atoms with Gasteiger partial charge in [0.15, 0.2) is 0 Å². The third-order valence-electron chi connectivity index (χ3n) is 2.22. The molecule has 0 aromatic carbocycles. The number of methoxy groups -OCH3 is 1. The number of rotatable bonds is 9. The van der Waals surface area contributed by atoms with Crippen LogP contribution < -0.4 is 5.32 Å². The van der Waals surface area contributed by atoms with Crippen LogP contribution in [-0.4, -0.2) is 26.3 Å². The summed E-state index contributed by atoms with van der Waals surface area (Å²) in [4.78, 5) is 0. The third-order valence-corrected chi connectivity index (χ3v) is 2.22. The highest BCUT2D eigenvalue weighted by Crippen LogP contribution is 2.04. The SMILES string of the molecule is CCCNC(CCC)CCCOC. The van der Waals surface area contributed by atoms with Crippen LogP contribution in [0, 0.1) is 0 Å². The van der Waals surface area contributed by atoms with Crippen molar-refractivity contribution in [2.45, 2.75) is 52.0 Å². The Kier molecular flexibility index (Phi) is 9.94. The summed E-state index contributed by atoms with van der Waals surface area (Å²) in [7, 11) is 1.77. The minimum atomic E-state index is 0.708. The van der Waals surface area contributed by atoms with E-state index in [0.29, 0.717) is 6.04 Å². The fourth-order valence-electron chi connectivity index (χ4n) is 1.52. The predicted octanol–water partition coefficient (Wildman–Crippen LogP) is 2.58. The molecule has 2 heteroatoms. The molecule has 0 aromatic heterocycles. The molecule has 1 unspecified atom stereocenters. The highest BCUT2D eigenvalue weighted by Gasteiger charge is 2.04. The van der Waals surface area contributed by atoms with Gasteiger partial charge < -0.3 is 10.1 Å². The highest BCUT2D eigenvalue weighted by atomic mass is 16.5. The van der Waals surface area contributed by atoms with Crippen molar-refractivity contribution in [3.63, 3.8) is 0 Å². The molecular formula is C11H25NO. The van der Waals surface area contributed by atoms with E-state index in [-0.39, 0.29) is 0 Å². The van der Waals surface area contributed by atoms with Crippen LogP contribution in [-0.2, 0) is 4.74 Å². The summed E-state index contributed by atoms with van der Waals surface area (Å²) in [6.45, 7) is 6.51. The zero-order valence-corrected chi connectivity index (χ0v) is 9.44. The first kappa shape index (κ1) is 12.9. The molecule has 0 heterocycles. The first-order valence-corrected chi connectivity index (χ1v) is 5.57. The summed E-state index contributed by atoms with van der Waals surface area (Å²) in [5.74, 6) is 0. The molecular weight excluding hydrogens is 162 g/mol. The number of nitrogens with one attached hydrogen (secondary N) is 1. The van der Waals surface area contributed by atoms with Crippen LogP contribution in [0.1, 0.15) is 46.0 Å². The van der Waals surface area contributed by atoms with E-state index in [1.165, 1.54) is 32.1 Å². The Morgan fingerprint density at radius 1 is 1.15 bits per heavy atom. The van der Waals surface area contributed by atoms with Gasteiger partial charge in [-0.1, -0.05) is 20.3 Å². The van der Waals surface area contributed by atoms with Crippen LogP contribution in [0.5, 0.6) is 0 Å². The van der Waals surface area contributed by atoms with Crippen LogP contribution in [0.4, 0.5) is 0 Å². The van der Waals surface area contributed by atoms with Crippen LogP contribution in [0.25, 0.3) is 0 Å². The fourth-order valence-corrected chi connectivity index (χ4v) is 1.52. The first-order chi connectivity index (χ1) is 6.35. The van der Waals surface area contributed by atoms with Crippen LogP contribution in [0.3, 0.4) is 0 Å². The molecule has 0 aliphatic carbocycles. The van der Waals surface area contributed by atoms with Crippen molar-refractivity contribution in [3.8, 4) is 0 Å². The van der Waals surface area contributed by atoms with Crippen molar-refractivity contribution < 1.29 is 4.74 Å². The second-order valence-corrected chi connectivity index (χ2v) is 3.57. The summed E-state index contributed by atoms with van der Waals surface area (Å²) in [5, 5.41) is 3.57. The molecule has 0 radical (unpaired) electrons. The van der Waals surface area contributed by atoms with Gasteiger partial charge in [-0.2, -0.15) is 0 Å². The Bertz CT molecular complexity index is 96.1. The molecule has 0 saturated heterocycles. The van der Waals surface area contributed by atoms with E-state index in [1.54, 1.807) is 7.11 Å². The Morgan fingerprint density at radius 2 is 1.92 bits per heavy atom. The van der Waals surface area contributed by atoms with E-state index < -0.39 is 0 Å². The Hall–Kier alpha value is -0.0800. The molecule has 0 aromatic rings. The van der Waals surface area contributed by atoms with Crippen molar-refractivity contribution in [2.75, 3.05) is 20.3 Å². The van der Waals surface area contributed by atoms with Gasteiger partial charge in [0.2, 0.25) is 0 Å². The normalized spacial score (nSPS) is 13.2. The van der Waals surface area contributed by atoms with E-state index in [4.69, 9.17) is 4.74 Å². The largest absolute Gasteiger partial charge is 0.385 e. The predicted molar refractivity (Wildman–Crippen MR) is 58.1 cm³/mol. The van der Waals surface area contributed by atoms with Crippen molar-refractivity contribution in [3.05, 3.63) is 0 Å². The summed E-state index contributed by atoms with van der Waals surface area (Å²) in [6, 6.07) is 0.708. The van der Waals surface area contributed by atoms with Crippen molar-refractivity contribution in [2.24, 2.45) is 0 Å². The van der Waals surface area contributed by atoms with E-state index in [2.05, 4.69) is 19.2 Å². The number of hydrogen-bond acceptors (Lipinski definition) is 2. The molecule has 80 valence electrons. The fraction of sp³-hybridized carbons (Fsp3) is 1.00. The third kappa shape index (κ3) is 8.26. The van der Waals surface area contributed by atoms with Gasteiger partial charge in [-0.05, 0) is 32.2 Å². The Balaban J connectivity index is 3.41. The molecule has 0 aliphatic rings. The molecule has 0 saturated carbocycles. The number of ether oxygens (including phenoxy) is 1. The van der Waals surface area contributed by atoms with Crippen LogP contribution >= 0.6 is 0 Å². The van der Waals surface area contributed by atoms with Crippen molar-refractivity contribution in [1.82, 2.24) is 5.32 Å². The second-order valence-electron chi connectivity index (χ2n) is 3.57. The Morgan fingerprint density at radius 3 is 2.46 bits per heavy atom. The highest BCUT2D eigenvalue weighted by molar-refractivity contribution is 4.65. The molecule has 0 aliphatic heterocycles.